The van der Waals surface area contributed by atoms with Gasteiger partial charge in [0.05, 0.1) is 38.8 Å². The smallest absolute Gasteiger partial charge is 0.415 e. The SMILES string of the molecule is CCOC(=O)N(CCc1ccc(OC)c(OC)c1)c1cc(Cl)c2ncn([C@@H]3O[C@H](CO)[C@@H](O)[C@H]3O)c2n1. The second kappa shape index (κ2) is 11.5. The molecule has 13 heteroatoms. The van der Waals surface area contributed by atoms with Crippen LogP contribution in [0.25, 0.3) is 11.2 Å². The number of hydrogen-bond donors (Lipinski definition) is 3. The summed E-state index contributed by atoms with van der Waals surface area (Å²) in [5, 5.41) is 30.3. The summed E-state index contributed by atoms with van der Waals surface area (Å²) in [7, 11) is 3.10. The van der Waals surface area contributed by atoms with Gasteiger partial charge in [0, 0.05) is 12.6 Å². The van der Waals surface area contributed by atoms with Crippen molar-refractivity contribution in [2.75, 3.05) is 38.9 Å². The summed E-state index contributed by atoms with van der Waals surface area (Å²) >= 11 is 6.50. The van der Waals surface area contributed by atoms with E-state index in [0.29, 0.717) is 23.4 Å². The lowest BCUT2D eigenvalue weighted by molar-refractivity contribution is -0.0511. The van der Waals surface area contributed by atoms with E-state index in [1.165, 1.54) is 21.9 Å². The van der Waals surface area contributed by atoms with Crippen LogP contribution in [0.5, 0.6) is 11.5 Å². The maximum atomic E-state index is 12.9. The molecule has 1 aliphatic heterocycles. The Labute approximate surface area is 217 Å². The fourth-order valence-electron chi connectivity index (χ4n) is 4.17. The van der Waals surface area contributed by atoms with Crippen LogP contribution in [-0.4, -0.2) is 88.2 Å². The van der Waals surface area contributed by atoms with Crippen LogP contribution >= 0.6 is 11.6 Å². The fraction of sp³-hybridized carbons (Fsp3) is 0.458. The zero-order valence-electron chi connectivity index (χ0n) is 20.6. The first-order chi connectivity index (χ1) is 17.8. The van der Waals surface area contributed by atoms with Crippen LogP contribution in [0.3, 0.4) is 0 Å². The molecule has 1 saturated heterocycles. The maximum Gasteiger partial charge on any atom is 0.415 e. The van der Waals surface area contributed by atoms with Gasteiger partial charge in [-0.1, -0.05) is 17.7 Å². The Kier molecular flexibility index (Phi) is 8.35. The number of aliphatic hydroxyl groups is 3. The van der Waals surface area contributed by atoms with Crippen LogP contribution in [0.1, 0.15) is 18.7 Å². The van der Waals surface area contributed by atoms with Gasteiger partial charge in [-0.3, -0.25) is 9.47 Å². The molecular formula is C24H29ClN4O8. The highest BCUT2D eigenvalue weighted by atomic mass is 35.5. The molecule has 3 heterocycles. The van der Waals surface area contributed by atoms with E-state index in [4.69, 9.17) is 30.5 Å². The number of aromatic nitrogens is 3. The lowest BCUT2D eigenvalue weighted by atomic mass is 10.1. The summed E-state index contributed by atoms with van der Waals surface area (Å²) in [5.74, 6) is 1.35. The first kappa shape index (κ1) is 26.9. The van der Waals surface area contributed by atoms with Crippen LogP contribution in [-0.2, 0) is 15.9 Å². The number of halogens is 1. The summed E-state index contributed by atoms with van der Waals surface area (Å²) < 4.78 is 22.9. The minimum absolute atomic E-state index is 0.155. The van der Waals surface area contributed by atoms with E-state index in [-0.39, 0.29) is 29.6 Å². The Hall–Kier alpha value is -3.16. The van der Waals surface area contributed by atoms with E-state index in [1.54, 1.807) is 27.2 Å². The Morgan fingerprint density at radius 1 is 1.19 bits per heavy atom. The van der Waals surface area contributed by atoms with Gasteiger partial charge in [0.2, 0.25) is 0 Å². The summed E-state index contributed by atoms with van der Waals surface area (Å²) in [6.45, 7) is 1.58. The number of pyridine rings is 1. The van der Waals surface area contributed by atoms with Crippen molar-refractivity contribution in [3.63, 3.8) is 0 Å². The molecular weight excluding hydrogens is 508 g/mol. The van der Waals surface area contributed by atoms with Gasteiger partial charge in [0.25, 0.3) is 0 Å². The van der Waals surface area contributed by atoms with Gasteiger partial charge in [0.1, 0.15) is 29.6 Å². The summed E-state index contributed by atoms with van der Waals surface area (Å²) in [6, 6.07) is 6.97. The minimum Gasteiger partial charge on any atom is -0.493 e. The summed E-state index contributed by atoms with van der Waals surface area (Å²) in [5.41, 5.74) is 1.42. The molecule has 1 amide bonds. The molecule has 1 fully saturated rings. The molecule has 200 valence electrons. The standard InChI is InChI=1S/C24H29ClN4O8/c1-4-36-24(33)28(8-7-13-5-6-15(34-2)16(9-13)35-3)18-10-14(25)19-22(27-18)29(12-26-19)23-21(32)20(31)17(11-30)37-23/h5-6,9-10,12,17,20-21,23,30-32H,4,7-8,11H2,1-3H3/t17-,20-,21-,23-/m1/s1. The average molecular weight is 537 g/mol. The third kappa shape index (κ3) is 5.29. The number of hydrogen-bond acceptors (Lipinski definition) is 10. The van der Waals surface area contributed by atoms with Crippen LogP contribution in [0.15, 0.2) is 30.6 Å². The number of benzene rings is 1. The number of carbonyl (C=O) groups excluding carboxylic acids is 1. The molecule has 3 aromatic rings. The first-order valence-corrected chi connectivity index (χ1v) is 12.0. The van der Waals surface area contributed by atoms with Crippen molar-refractivity contribution in [3.8, 4) is 11.5 Å². The van der Waals surface area contributed by atoms with Crippen LogP contribution in [0.4, 0.5) is 10.6 Å². The number of aliphatic hydroxyl groups excluding tert-OH is 3. The summed E-state index contributed by atoms with van der Waals surface area (Å²) in [4.78, 5) is 23.1. The van der Waals surface area contributed by atoms with E-state index in [2.05, 4.69) is 9.97 Å². The molecule has 1 aliphatic rings. The number of amides is 1. The quantitative estimate of drug-likeness (QED) is 0.370. The monoisotopic (exact) mass is 536 g/mol. The zero-order valence-corrected chi connectivity index (χ0v) is 21.3. The molecule has 0 saturated carbocycles. The molecule has 4 rings (SSSR count). The van der Waals surface area contributed by atoms with Gasteiger partial charge in [0.15, 0.2) is 23.4 Å². The van der Waals surface area contributed by atoms with Gasteiger partial charge in [-0.2, -0.15) is 0 Å². The van der Waals surface area contributed by atoms with Crippen molar-refractivity contribution in [2.45, 2.75) is 37.9 Å². The van der Waals surface area contributed by atoms with Crippen molar-refractivity contribution in [1.82, 2.24) is 14.5 Å². The number of ether oxygens (including phenoxy) is 4. The zero-order chi connectivity index (χ0) is 26.7. The number of fused-ring (bicyclic) bond motifs is 1. The van der Waals surface area contributed by atoms with Crippen molar-refractivity contribution in [2.24, 2.45) is 0 Å². The predicted molar refractivity (Wildman–Crippen MR) is 133 cm³/mol. The highest BCUT2D eigenvalue weighted by Crippen LogP contribution is 2.34. The number of imidazole rings is 1. The number of rotatable bonds is 9. The molecule has 1 aromatic carbocycles. The van der Waals surface area contributed by atoms with Crippen LogP contribution < -0.4 is 14.4 Å². The van der Waals surface area contributed by atoms with Gasteiger partial charge in [-0.25, -0.2) is 14.8 Å². The average Bonchev–Trinajstić information content (AvgIpc) is 3.44. The maximum absolute atomic E-state index is 12.9. The third-order valence-electron chi connectivity index (χ3n) is 6.10. The molecule has 3 N–H and O–H groups in total. The van der Waals surface area contributed by atoms with Gasteiger partial charge >= 0.3 is 6.09 Å². The van der Waals surface area contributed by atoms with E-state index in [1.807, 2.05) is 12.1 Å². The molecule has 37 heavy (non-hydrogen) atoms. The van der Waals surface area contributed by atoms with Crippen molar-refractivity contribution < 1.29 is 39.1 Å². The molecule has 0 aliphatic carbocycles. The van der Waals surface area contributed by atoms with E-state index >= 15 is 0 Å². The number of methoxy groups -OCH3 is 2. The van der Waals surface area contributed by atoms with Gasteiger partial charge in [-0.15, -0.1) is 0 Å². The van der Waals surface area contributed by atoms with Crippen LogP contribution in [0, 0.1) is 0 Å². The third-order valence-corrected chi connectivity index (χ3v) is 6.39. The van der Waals surface area contributed by atoms with Crippen molar-refractivity contribution >= 4 is 34.7 Å². The Morgan fingerprint density at radius 2 is 1.95 bits per heavy atom. The minimum atomic E-state index is -1.34. The van der Waals surface area contributed by atoms with E-state index in [9.17, 15) is 20.1 Å². The second-order valence-corrected chi connectivity index (χ2v) is 8.71. The molecule has 12 nitrogen and oxygen atoms in total. The number of carbonyl (C=O) groups is 1. The van der Waals surface area contributed by atoms with Gasteiger partial charge in [-0.05, 0) is 31.0 Å². The van der Waals surface area contributed by atoms with Crippen LogP contribution in [0.2, 0.25) is 5.02 Å². The van der Waals surface area contributed by atoms with Crippen molar-refractivity contribution in [1.29, 1.82) is 0 Å². The number of anilines is 1. The topological polar surface area (TPSA) is 149 Å². The second-order valence-electron chi connectivity index (χ2n) is 8.31. The molecule has 2 aromatic heterocycles. The van der Waals surface area contributed by atoms with E-state index in [0.717, 1.165) is 5.56 Å². The van der Waals surface area contributed by atoms with Crippen molar-refractivity contribution in [3.05, 3.63) is 41.2 Å². The Bertz CT molecular complexity index is 1250. The highest BCUT2D eigenvalue weighted by Gasteiger charge is 2.44. The van der Waals surface area contributed by atoms with E-state index < -0.39 is 37.2 Å². The largest absolute Gasteiger partial charge is 0.493 e. The molecule has 4 atom stereocenters. The first-order valence-electron chi connectivity index (χ1n) is 11.6. The predicted octanol–water partition coefficient (Wildman–Crippen LogP) is 1.92. The normalized spacial score (nSPS) is 21.3. The molecule has 0 spiro atoms. The molecule has 0 bridgehead atoms. The molecule has 0 unspecified atom stereocenters. The number of nitrogens with zero attached hydrogens (tertiary/aromatic N) is 4. The lowest BCUT2D eigenvalue weighted by Crippen LogP contribution is -2.34. The lowest BCUT2D eigenvalue weighted by Gasteiger charge is -2.22. The Balaban J connectivity index is 1.68. The molecule has 0 radical (unpaired) electrons. The highest BCUT2D eigenvalue weighted by molar-refractivity contribution is 6.35. The Morgan fingerprint density at radius 3 is 2.59 bits per heavy atom. The fourth-order valence-corrected chi connectivity index (χ4v) is 4.40. The summed E-state index contributed by atoms with van der Waals surface area (Å²) in [6.07, 6.45) is -3.51. The van der Waals surface area contributed by atoms with Gasteiger partial charge < -0.3 is 34.3 Å².